The first-order chi connectivity index (χ1) is 13.9. The predicted octanol–water partition coefficient (Wildman–Crippen LogP) is 4.55. The number of para-hydroxylation sites is 1. The van der Waals surface area contributed by atoms with Crippen LogP contribution in [0.4, 0.5) is 13.2 Å². The quantitative estimate of drug-likeness (QED) is 0.541. The zero-order chi connectivity index (χ0) is 20.7. The molecule has 9 heteroatoms. The minimum absolute atomic E-state index is 0.0626. The Labute approximate surface area is 169 Å². The Morgan fingerprint density at radius 1 is 1.07 bits per heavy atom. The van der Waals surface area contributed by atoms with Gasteiger partial charge in [0.05, 0.1) is 23.3 Å². The van der Waals surface area contributed by atoms with E-state index in [2.05, 4.69) is 10.3 Å². The number of hydrogen-bond donors (Lipinski definition) is 1. The van der Waals surface area contributed by atoms with E-state index in [9.17, 15) is 18.0 Å². The number of nitrogens with one attached hydrogen (secondary N) is 1. The van der Waals surface area contributed by atoms with Crippen LogP contribution in [0.3, 0.4) is 0 Å². The molecule has 0 aliphatic heterocycles. The highest BCUT2D eigenvalue weighted by molar-refractivity contribution is 7.07. The minimum Gasteiger partial charge on any atom is -0.491 e. The molecule has 0 aliphatic carbocycles. The van der Waals surface area contributed by atoms with Crippen LogP contribution in [0.25, 0.3) is 0 Å². The fourth-order valence-corrected chi connectivity index (χ4v) is 2.97. The SMILES string of the molecule is O=C(NCCOc1ccccc1C(F)(F)F)c1ccc(OCc2cscn2)cc1. The number of thiazole rings is 1. The number of amides is 1. The van der Waals surface area contributed by atoms with Gasteiger partial charge in [-0.1, -0.05) is 12.1 Å². The number of halogens is 3. The van der Waals surface area contributed by atoms with E-state index in [0.29, 0.717) is 17.9 Å². The molecule has 0 aliphatic rings. The summed E-state index contributed by atoms with van der Waals surface area (Å²) in [6.07, 6.45) is -4.50. The van der Waals surface area contributed by atoms with Gasteiger partial charge in [0.1, 0.15) is 24.7 Å². The largest absolute Gasteiger partial charge is 0.491 e. The lowest BCUT2D eigenvalue weighted by Crippen LogP contribution is -2.28. The van der Waals surface area contributed by atoms with Crippen molar-refractivity contribution >= 4 is 17.2 Å². The molecule has 29 heavy (non-hydrogen) atoms. The zero-order valence-corrected chi connectivity index (χ0v) is 15.9. The Morgan fingerprint density at radius 3 is 2.52 bits per heavy atom. The van der Waals surface area contributed by atoms with Crippen molar-refractivity contribution in [3.63, 3.8) is 0 Å². The maximum absolute atomic E-state index is 12.9. The van der Waals surface area contributed by atoms with Crippen molar-refractivity contribution in [3.05, 3.63) is 76.2 Å². The molecule has 0 bridgehead atoms. The molecule has 0 radical (unpaired) electrons. The second-order valence-electron chi connectivity index (χ2n) is 5.89. The summed E-state index contributed by atoms with van der Waals surface area (Å²) in [5.41, 5.74) is 2.10. The van der Waals surface area contributed by atoms with Gasteiger partial charge in [-0.15, -0.1) is 11.3 Å². The highest BCUT2D eigenvalue weighted by Crippen LogP contribution is 2.35. The maximum atomic E-state index is 12.9. The van der Waals surface area contributed by atoms with Crippen molar-refractivity contribution in [1.29, 1.82) is 0 Å². The van der Waals surface area contributed by atoms with Crippen LogP contribution in [-0.2, 0) is 12.8 Å². The lowest BCUT2D eigenvalue weighted by atomic mass is 10.2. The molecule has 3 aromatic rings. The van der Waals surface area contributed by atoms with Gasteiger partial charge >= 0.3 is 6.18 Å². The summed E-state index contributed by atoms with van der Waals surface area (Å²) < 4.78 is 49.5. The molecule has 152 valence electrons. The molecule has 0 atom stereocenters. The van der Waals surface area contributed by atoms with Gasteiger partial charge in [-0.25, -0.2) is 4.98 Å². The van der Waals surface area contributed by atoms with Crippen LogP contribution < -0.4 is 14.8 Å². The lowest BCUT2D eigenvalue weighted by Gasteiger charge is -2.14. The van der Waals surface area contributed by atoms with Crippen molar-refractivity contribution in [3.8, 4) is 11.5 Å². The van der Waals surface area contributed by atoms with E-state index in [1.807, 2.05) is 5.38 Å². The van der Waals surface area contributed by atoms with Gasteiger partial charge in [-0.3, -0.25) is 4.79 Å². The molecule has 5 nitrogen and oxygen atoms in total. The molecule has 3 rings (SSSR count). The topological polar surface area (TPSA) is 60.5 Å². The molecule has 0 saturated heterocycles. The Balaban J connectivity index is 1.45. The molecule has 0 spiro atoms. The normalized spacial score (nSPS) is 11.1. The molecular formula is C20H17F3N2O3S. The fourth-order valence-electron chi connectivity index (χ4n) is 2.42. The molecule has 1 aromatic heterocycles. The van der Waals surface area contributed by atoms with Crippen molar-refractivity contribution in [2.24, 2.45) is 0 Å². The van der Waals surface area contributed by atoms with Gasteiger partial charge in [0.25, 0.3) is 5.91 Å². The average Bonchev–Trinajstić information content (AvgIpc) is 3.23. The fraction of sp³-hybridized carbons (Fsp3) is 0.200. The highest BCUT2D eigenvalue weighted by Gasteiger charge is 2.33. The lowest BCUT2D eigenvalue weighted by molar-refractivity contribution is -0.138. The minimum atomic E-state index is -4.50. The summed E-state index contributed by atoms with van der Waals surface area (Å²) >= 11 is 1.48. The van der Waals surface area contributed by atoms with Gasteiger partial charge in [-0.05, 0) is 36.4 Å². The molecule has 1 heterocycles. The van der Waals surface area contributed by atoms with E-state index >= 15 is 0 Å². The maximum Gasteiger partial charge on any atom is 0.419 e. The molecule has 2 aromatic carbocycles. The number of alkyl halides is 3. The van der Waals surface area contributed by atoms with Gasteiger partial charge in [0.2, 0.25) is 0 Å². The second-order valence-corrected chi connectivity index (χ2v) is 6.61. The van der Waals surface area contributed by atoms with Gasteiger partial charge < -0.3 is 14.8 Å². The molecule has 1 N–H and O–H groups in total. The monoisotopic (exact) mass is 422 g/mol. The predicted molar refractivity (Wildman–Crippen MR) is 102 cm³/mol. The number of aromatic nitrogens is 1. The number of carbonyl (C=O) groups is 1. The number of benzene rings is 2. The Hall–Kier alpha value is -3.07. The number of rotatable bonds is 8. The van der Waals surface area contributed by atoms with Crippen LogP contribution in [0, 0.1) is 0 Å². The summed E-state index contributed by atoms with van der Waals surface area (Å²) in [4.78, 5) is 16.3. The Kier molecular flexibility index (Phi) is 6.71. The first-order valence-electron chi connectivity index (χ1n) is 8.60. The van der Waals surface area contributed by atoms with Crippen LogP contribution in [0.1, 0.15) is 21.6 Å². The molecule has 0 unspecified atom stereocenters. The highest BCUT2D eigenvalue weighted by atomic mass is 32.1. The van der Waals surface area contributed by atoms with Crippen LogP contribution in [-0.4, -0.2) is 24.0 Å². The zero-order valence-electron chi connectivity index (χ0n) is 15.1. The van der Waals surface area contributed by atoms with Crippen LogP contribution in [0.15, 0.2) is 59.4 Å². The molecule has 1 amide bonds. The second kappa shape index (κ2) is 9.42. The Morgan fingerprint density at radius 2 is 1.83 bits per heavy atom. The standard InChI is InChI=1S/C20H17F3N2O3S/c21-20(22,23)17-3-1-2-4-18(17)27-10-9-24-19(26)14-5-7-16(8-6-14)28-11-15-12-29-13-25-15/h1-8,12-13H,9-11H2,(H,24,26). The van der Waals surface area contributed by atoms with E-state index in [4.69, 9.17) is 9.47 Å². The number of ether oxygens (including phenoxy) is 2. The third-order valence-corrected chi connectivity index (χ3v) is 4.46. The number of nitrogens with zero attached hydrogens (tertiary/aromatic N) is 1. The van der Waals surface area contributed by atoms with Gasteiger partial charge in [-0.2, -0.15) is 13.2 Å². The van der Waals surface area contributed by atoms with Crippen molar-refractivity contribution in [2.75, 3.05) is 13.2 Å². The third kappa shape index (κ3) is 5.95. The van der Waals surface area contributed by atoms with Gasteiger partial charge in [0, 0.05) is 10.9 Å². The summed E-state index contributed by atoms with van der Waals surface area (Å²) in [7, 11) is 0. The first kappa shape index (κ1) is 20.7. The first-order valence-corrected chi connectivity index (χ1v) is 9.55. The number of carbonyl (C=O) groups excluding carboxylic acids is 1. The summed E-state index contributed by atoms with van der Waals surface area (Å²) in [5, 5.41) is 4.49. The average molecular weight is 422 g/mol. The van der Waals surface area contributed by atoms with Crippen molar-refractivity contribution in [1.82, 2.24) is 10.3 Å². The summed E-state index contributed by atoms with van der Waals surface area (Å²) in [5.74, 6) is -0.0266. The molecular weight excluding hydrogens is 405 g/mol. The van der Waals surface area contributed by atoms with E-state index in [1.165, 1.54) is 29.5 Å². The summed E-state index contributed by atoms with van der Waals surface area (Å²) in [6, 6.07) is 11.5. The van der Waals surface area contributed by atoms with Crippen molar-refractivity contribution < 1.29 is 27.4 Å². The van der Waals surface area contributed by atoms with Crippen LogP contribution in [0.5, 0.6) is 11.5 Å². The Bertz CT molecular complexity index is 929. The third-order valence-electron chi connectivity index (χ3n) is 3.82. The van der Waals surface area contributed by atoms with E-state index in [-0.39, 0.29) is 24.8 Å². The summed E-state index contributed by atoms with van der Waals surface area (Å²) in [6.45, 7) is 0.312. The molecule has 0 fully saturated rings. The van der Waals surface area contributed by atoms with Crippen LogP contribution >= 0.6 is 11.3 Å². The van der Waals surface area contributed by atoms with E-state index < -0.39 is 11.7 Å². The van der Waals surface area contributed by atoms with Crippen LogP contribution in [0.2, 0.25) is 0 Å². The molecule has 0 saturated carbocycles. The van der Waals surface area contributed by atoms with Crippen molar-refractivity contribution in [2.45, 2.75) is 12.8 Å². The van der Waals surface area contributed by atoms with Gasteiger partial charge in [0.15, 0.2) is 0 Å². The van der Waals surface area contributed by atoms with E-state index in [0.717, 1.165) is 11.8 Å². The van der Waals surface area contributed by atoms with E-state index in [1.54, 1.807) is 29.8 Å². The smallest absolute Gasteiger partial charge is 0.419 e. The number of hydrogen-bond acceptors (Lipinski definition) is 5.